The molecule has 0 rings (SSSR count). The van der Waals surface area contributed by atoms with Crippen molar-refractivity contribution < 1.29 is 47.0 Å². The molecule has 10 nitrogen and oxygen atoms in total. The first-order valence-electron chi connectivity index (χ1n) is 4.63. The Labute approximate surface area is 108 Å². The number of phosphoric acid groups is 1. The van der Waals surface area contributed by atoms with Crippen LogP contribution in [0.2, 0.25) is 0 Å². The van der Waals surface area contributed by atoms with Crippen LogP contribution in [0.4, 0.5) is 0 Å². The number of carboxylic acids is 1. The van der Waals surface area contributed by atoms with E-state index in [0.29, 0.717) is 0 Å². The summed E-state index contributed by atoms with van der Waals surface area (Å²) in [6, 6.07) is 0. The van der Waals surface area contributed by atoms with Gasteiger partial charge in [0, 0.05) is 0 Å². The molecule has 13 heteroatoms. The third-order valence-electron chi connectivity index (χ3n) is 2.14. The van der Waals surface area contributed by atoms with Crippen LogP contribution in [0.3, 0.4) is 0 Å². The zero-order chi connectivity index (χ0) is 15.4. The molecule has 2 unspecified atom stereocenters. The zero-order valence-corrected chi connectivity index (χ0v) is 12.2. The first kappa shape index (κ1) is 18.4. The fourth-order valence-corrected chi connectivity index (χ4v) is 3.65. The number of hydrogen-bond donors (Lipinski definition) is 3. The molecule has 0 saturated carbocycles. The van der Waals surface area contributed by atoms with Crippen LogP contribution in [0.1, 0.15) is 13.3 Å². The van der Waals surface area contributed by atoms with Crippen molar-refractivity contribution in [1.82, 2.24) is 0 Å². The summed E-state index contributed by atoms with van der Waals surface area (Å²) in [6.07, 6.45) is -1.38. The highest BCUT2D eigenvalue weighted by Crippen LogP contribution is 2.47. The van der Waals surface area contributed by atoms with Gasteiger partial charge in [-0.2, -0.15) is 0 Å². The molecule has 0 amide bonds. The Bertz CT molecular complexity index is 511. The molecular weight excluding hydrogens is 325 g/mol. The van der Waals surface area contributed by atoms with E-state index in [1.807, 2.05) is 0 Å². The van der Waals surface area contributed by atoms with Crippen LogP contribution in [-0.4, -0.2) is 38.3 Å². The Kier molecular flexibility index (Phi) is 6.48. The fraction of sp³-hybridized carbons (Fsp3) is 0.833. The van der Waals surface area contributed by atoms with Gasteiger partial charge in [0.1, 0.15) is 5.60 Å². The molecule has 0 aliphatic carbocycles. The van der Waals surface area contributed by atoms with Gasteiger partial charge in [0.05, 0.1) is 6.16 Å². The van der Waals surface area contributed by atoms with Gasteiger partial charge in [-0.3, -0.25) is 9.32 Å². The van der Waals surface area contributed by atoms with E-state index < -0.39 is 53.0 Å². The molecule has 0 aromatic heterocycles. The summed E-state index contributed by atoms with van der Waals surface area (Å²) in [5, 5.41) is 8.77. The molecule has 0 fully saturated rings. The van der Waals surface area contributed by atoms with Gasteiger partial charge in [-0.15, -0.1) is 0 Å². The second-order valence-electron chi connectivity index (χ2n) is 3.73. The second kappa shape index (κ2) is 6.70. The van der Waals surface area contributed by atoms with Gasteiger partial charge in [0.2, 0.25) is 0 Å². The van der Waals surface area contributed by atoms with Crippen LogP contribution >= 0.6 is 23.2 Å². The van der Waals surface area contributed by atoms with Crippen molar-refractivity contribution in [3.63, 3.8) is 0 Å². The number of aliphatic carboxylic acids is 1. The van der Waals surface area contributed by atoms with Crippen molar-refractivity contribution in [2.75, 3.05) is 6.16 Å². The van der Waals surface area contributed by atoms with E-state index in [1.54, 1.807) is 0 Å². The minimum Gasteiger partial charge on any atom is -0.480 e. The first-order chi connectivity index (χ1) is 8.39. The number of rotatable bonds is 8. The van der Waals surface area contributed by atoms with Crippen molar-refractivity contribution in [3.8, 4) is 0 Å². The van der Waals surface area contributed by atoms with Gasteiger partial charge in [-0.05, 0) is 13.3 Å². The van der Waals surface area contributed by atoms with Gasteiger partial charge >= 0.3 is 29.2 Å². The molecule has 0 bridgehead atoms. The lowest BCUT2D eigenvalue weighted by atomic mass is 9.99. The average Bonchev–Trinajstić information content (AvgIpc) is 2.10. The zero-order valence-electron chi connectivity index (χ0n) is 9.53. The maximum Gasteiger partial charge on any atom is 0.470 e. The van der Waals surface area contributed by atoms with Gasteiger partial charge in [-0.25, -0.2) is 22.8 Å². The molecule has 0 aliphatic heterocycles. The topological polar surface area (TPSA) is 172 Å². The first-order valence-corrected chi connectivity index (χ1v) is 8.77. The highest BCUT2D eigenvalue weighted by atomic mass is 31.2. The smallest absolute Gasteiger partial charge is 0.470 e. The molecule has 0 radical (unpaired) electrons. The van der Waals surface area contributed by atoms with Gasteiger partial charge in [0.25, 0.3) is 0 Å². The molecule has 0 saturated heterocycles. The number of hydrogen-bond acceptors (Lipinski definition) is 7. The Morgan fingerprint density at radius 2 is 1.79 bits per heavy atom. The summed E-state index contributed by atoms with van der Waals surface area (Å²) >= 11 is 0. The minimum atomic E-state index is -5.21. The monoisotopic (exact) mass is 336 g/mol. The Morgan fingerprint density at radius 1 is 1.32 bits per heavy atom. The van der Waals surface area contributed by atoms with E-state index in [-0.39, 0.29) is 0 Å². The normalized spacial score (nSPS) is 16.4. The average molecular weight is 336 g/mol. The maximum absolute atomic E-state index is 10.9. The minimum absolute atomic E-state index is 0.682. The maximum atomic E-state index is 10.9. The molecule has 110 valence electrons. The third kappa shape index (κ3) is 6.38. The SMILES string of the molecule is CC(CCP(=O)=O)(OP(=O)(O)O)C(C(=O)O)P(=O)=O. The summed E-state index contributed by atoms with van der Waals surface area (Å²) in [6.45, 7) is 0.814. The van der Waals surface area contributed by atoms with E-state index in [2.05, 4.69) is 4.52 Å². The van der Waals surface area contributed by atoms with Crippen LogP contribution < -0.4 is 0 Å². The van der Waals surface area contributed by atoms with Crippen LogP contribution in [0.5, 0.6) is 0 Å². The number of carbonyl (C=O) groups is 1. The highest BCUT2D eigenvalue weighted by molar-refractivity contribution is 7.46. The molecule has 0 aliphatic rings. The van der Waals surface area contributed by atoms with E-state index >= 15 is 0 Å². The molecule has 3 N–H and O–H groups in total. The van der Waals surface area contributed by atoms with E-state index in [0.717, 1.165) is 6.92 Å². The lowest BCUT2D eigenvalue weighted by Crippen LogP contribution is -2.43. The van der Waals surface area contributed by atoms with Crippen LogP contribution in [0.25, 0.3) is 0 Å². The largest absolute Gasteiger partial charge is 0.480 e. The molecule has 2 atom stereocenters. The predicted octanol–water partition coefficient (Wildman–Crippen LogP) is 1.04. The van der Waals surface area contributed by atoms with Crippen molar-refractivity contribution in [3.05, 3.63) is 0 Å². The second-order valence-corrected chi connectivity index (χ2v) is 7.09. The Morgan fingerprint density at radius 3 is 2.05 bits per heavy atom. The van der Waals surface area contributed by atoms with Crippen molar-refractivity contribution >= 4 is 29.2 Å². The Balaban J connectivity index is 5.57. The number of phosphoric ester groups is 1. The van der Waals surface area contributed by atoms with Crippen LogP contribution in [0.15, 0.2) is 0 Å². The third-order valence-corrected chi connectivity index (χ3v) is 4.57. The molecular formula is C6H11O10P3. The van der Waals surface area contributed by atoms with E-state index in [4.69, 9.17) is 14.9 Å². The van der Waals surface area contributed by atoms with Crippen molar-refractivity contribution in [1.29, 1.82) is 0 Å². The quantitative estimate of drug-likeness (QED) is 0.543. The standard InChI is InChI=1S/C6H11O10P3/c1-6(2-3-17(9)10,16-19(13,14)15)4(5(7)8)18(11)12/h4H,2-3H2,1H3,(H,7,8)(H2,13,14,15). The summed E-state index contributed by atoms with van der Waals surface area (Å²) < 4.78 is 57.7. The lowest BCUT2D eigenvalue weighted by molar-refractivity contribution is -0.140. The van der Waals surface area contributed by atoms with Gasteiger partial charge in [0.15, 0.2) is 5.66 Å². The van der Waals surface area contributed by atoms with Crippen LogP contribution in [-0.2, 0) is 32.1 Å². The number of carboxylic acid groups (broad SMARTS) is 1. The summed E-state index contributed by atoms with van der Waals surface area (Å²) in [5.41, 5.74) is -4.65. The summed E-state index contributed by atoms with van der Waals surface area (Å²) in [4.78, 5) is 28.2. The lowest BCUT2D eigenvalue weighted by Gasteiger charge is -2.30. The molecule has 0 spiro atoms. The molecule has 0 heterocycles. The fourth-order valence-electron chi connectivity index (χ4n) is 1.39. The Hall–Kier alpha value is -0.620. The highest BCUT2D eigenvalue weighted by Gasteiger charge is 2.48. The van der Waals surface area contributed by atoms with Crippen LogP contribution in [0, 0.1) is 0 Å². The van der Waals surface area contributed by atoms with Gasteiger partial charge in [-0.1, -0.05) is 0 Å². The van der Waals surface area contributed by atoms with Crippen molar-refractivity contribution in [2.45, 2.75) is 24.6 Å². The molecule has 19 heavy (non-hydrogen) atoms. The summed E-state index contributed by atoms with van der Waals surface area (Å²) in [5.74, 6) is -1.90. The molecule has 0 aromatic carbocycles. The predicted molar refractivity (Wildman–Crippen MR) is 59.0 cm³/mol. The van der Waals surface area contributed by atoms with E-state index in [9.17, 15) is 27.6 Å². The molecule has 0 aromatic rings. The summed E-state index contributed by atoms with van der Waals surface area (Å²) in [7, 11) is -11.8. The van der Waals surface area contributed by atoms with Gasteiger partial charge < -0.3 is 14.9 Å². The van der Waals surface area contributed by atoms with Crippen molar-refractivity contribution in [2.24, 2.45) is 0 Å². The van der Waals surface area contributed by atoms with E-state index in [1.165, 1.54) is 0 Å².